The largest absolute Gasteiger partial charge is 0.481 e. The molecule has 0 spiro atoms. The standard InChI is InChI=1S/C31H37NO4.CH4/c1-23(30(34)35)24-14-16-25(17-15-24)29(33)13-8-20-32-21-18-28(19-22-32)31(36,26-9-4-2-5-10-26)27-11-6-3-7-12-27;/h2-7,9-12,14-17,23,28-29,33,36H,8,13,18-22H2,1H3,(H,34,35);1H4. The molecule has 3 aromatic carbocycles. The van der Waals surface area contributed by atoms with E-state index in [4.69, 9.17) is 5.11 Å². The number of aliphatic carboxylic acids is 1. The van der Waals surface area contributed by atoms with Crippen molar-refractivity contribution in [1.82, 2.24) is 4.90 Å². The van der Waals surface area contributed by atoms with Crippen molar-refractivity contribution >= 4 is 5.97 Å². The van der Waals surface area contributed by atoms with Gasteiger partial charge in [0, 0.05) is 0 Å². The molecule has 5 heteroatoms. The Balaban J connectivity index is 0.00000380. The van der Waals surface area contributed by atoms with Crippen molar-refractivity contribution in [2.45, 2.75) is 57.7 Å². The molecule has 0 amide bonds. The summed E-state index contributed by atoms with van der Waals surface area (Å²) in [7, 11) is 0. The van der Waals surface area contributed by atoms with Gasteiger partial charge in [-0.1, -0.05) is 92.4 Å². The fourth-order valence-electron chi connectivity index (χ4n) is 5.42. The van der Waals surface area contributed by atoms with Gasteiger partial charge in [-0.25, -0.2) is 0 Å². The van der Waals surface area contributed by atoms with Crippen molar-refractivity contribution in [2.75, 3.05) is 19.6 Å². The molecule has 1 fully saturated rings. The van der Waals surface area contributed by atoms with E-state index in [-0.39, 0.29) is 13.3 Å². The highest BCUT2D eigenvalue weighted by Crippen LogP contribution is 2.42. The first-order chi connectivity index (χ1) is 17.4. The number of hydrogen-bond donors (Lipinski definition) is 3. The van der Waals surface area contributed by atoms with Crippen LogP contribution in [0.25, 0.3) is 0 Å². The molecular weight excluding hydrogens is 462 g/mol. The first-order valence-electron chi connectivity index (χ1n) is 13.0. The van der Waals surface area contributed by atoms with Crippen LogP contribution in [0.2, 0.25) is 0 Å². The highest BCUT2D eigenvalue weighted by molar-refractivity contribution is 5.75. The zero-order chi connectivity index (χ0) is 25.5. The monoisotopic (exact) mass is 503 g/mol. The molecular formula is C32H41NO4. The summed E-state index contributed by atoms with van der Waals surface area (Å²) in [6.45, 7) is 4.42. The molecule has 1 aliphatic heterocycles. The van der Waals surface area contributed by atoms with Crippen LogP contribution in [0.15, 0.2) is 84.9 Å². The van der Waals surface area contributed by atoms with Crippen LogP contribution >= 0.6 is 0 Å². The number of benzene rings is 3. The third-order valence-electron chi connectivity index (χ3n) is 7.75. The Hall–Kier alpha value is -2.99. The van der Waals surface area contributed by atoms with Crippen molar-refractivity contribution < 1.29 is 20.1 Å². The second kappa shape index (κ2) is 13.0. The number of piperidine rings is 1. The molecule has 1 saturated heterocycles. The van der Waals surface area contributed by atoms with E-state index in [0.717, 1.165) is 61.2 Å². The van der Waals surface area contributed by atoms with Gasteiger partial charge in [-0.2, -0.15) is 0 Å². The van der Waals surface area contributed by atoms with Crippen molar-refractivity contribution in [3.63, 3.8) is 0 Å². The van der Waals surface area contributed by atoms with E-state index >= 15 is 0 Å². The second-order valence-corrected chi connectivity index (χ2v) is 10.00. The predicted octanol–water partition coefficient (Wildman–Crippen LogP) is 5.97. The number of carboxylic acid groups (broad SMARTS) is 1. The molecule has 1 aliphatic rings. The Morgan fingerprint density at radius 3 is 1.86 bits per heavy atom. The van der Waals surface area contributed by atoms with Gasteiger partial charge in [-0.05, 0) is 80.4 Å². The van der Waals surface area contributed by atoms with Crippen LogP contribution in [-0.4, -0.2) is 45.8 Å². The Labute approximate surface area is 221 Å². The zero-order valence-corrected chi connectivity index (χ0v) is 21.0. The summed E-state index contributed by atoms with van der Waals surface area (Å²) in [6, 6.07) is 27.3. The van der Waals surface area contributed by atoms with Crippen molar-refractivity contribution in [3.8, 4) is 0 Å². The van der Waals surface area contributed by atoms with E-state index in [2.05, 4.69) is 4.90 Å². The van der Waals surface area contributed by atoms with E-state index in [1.54, 1.807) is 19.1 Å². The van der Waals surface area contributed by atoms with Crippen LogP contribution in [0, 0.1) is 5.92 Å². The lowest BCUT2D eigenvalue weighted by molar-refractivity contribution is -0.138. The van der Waals surface area contributed by atoms with Crippen LogP contribution < -0.4 is 0 Å². The highest BCUT2D eigenvalue weighted by atomic mass is 16.4. The summed E-state index contributed by atoms with van der Waals surface area (Å²) in [6.07, 6.45) is 2.79. The molecule has 198 valence electrons. The van der Waals surface area contributed by atoms with E-state index in [9.17, 15) is 15.0 Å². The summed E-state index contributed by atoms with van der Waals surface area (Å²) in [5.74, 6) is -1.27. The number of nitrogens with zero attached hydrogens (tertiary/aromatic N) is 1. The Bertz CT molecular complexity index is 1050. The average Bonchev–Trinajstić information content (AvgIpc) is 2.93. The molecule has 0 saturated carbocycles. The third kappa shape index (κ3) is 6.67. The lowest BCUT2D eigenvalue weighted by atomic mass is 9.72. The minimum Gasteiger partial charge on any atom is -0.481 e. The van der Waals surface area contributed by atoms with Crippen molar-refractivity contribution in [3.05, 3.63) is 107 Å². The van der Waals surface area contributed by atoms with Crippen LogP contribution in [0.1, 0.15) is 74.3 Å². The molecule has 2 unspecified atom stereocenters. The molecule has 1 heterocycles. The van der Waals surface area contributed by atoms with Gasteiger partial charge in [0.25, 0.3) is 0 Å². The van der Waals surface area contributed by atoms with Crippen LogP contribution in [-0.2, 0) is 10.4 Å². The number of hydrogen-bond acceptors (Lipinski definition) is 4. The molecule has 0 aliphatic carbocycles. The Morgan fingerprint density at radius 2 is 1.38 bits per heavy atom. The normalized spacial score (nSPS) is 16.5. The zero-order valence-electron chi connectivity index (χ0n) is 21.0. The first-order valence-corrected chi connectivity index (χ1v) is 13.0. The van der Waals surface area contributed by atoms with Gasteiger partial charge < -0.3 is 20.2 Å². The van der Waals surface area contributed by atoms with Crippen molar-refractivity contribution in [2.24, 2.45) is 5.92 Å². The molecule has 5 nitrogen and oxygen atoms in total. The van der Waals surface area contributed by atoms with E-state index in [0.29, 0.717) is 6.42 Å². The van der Waals surface area contributed by atoms with Gasteiger partial charge >= 0.3 is 5.97 Å². The summed E-state index contributed by atoms with van der Waals surface area (Å²) in [5, 5.41) is 31.8. The van der Waals surface area contributed by atoms with Crippen LogP contribution in [0.4, 0.5) is 0 Å². The summed E-state index contributed by atoms with van der Waals surface area (Å²) in [4.78, 5) is 13.6. The lowest BCUT2D eigenvalue weighted by Gasteiger charge is -2.42. The molecule has 3 aromatic rings. The summed E-state index contributed by atoms with van der Waals surface area (Å²) >= 11 is 0. The number of aliphatic hydroxyl groups is 2. The second-order valence-electron chi connectivity index (χ2n) is 10.00. The minimum atomic E-state index is -1.00. The maximum Gasteiger partial charge on any atom is 0.310 e. The third-order valence-corrected chi connectivity index (χ3v) is 7.75. The number of likely N-dealkylation sites (tertiary alicyclic amines) is 1. The molecule has 3 N–H and O–H groups in total. The van der Waals surface area contributed by atoms with Crippen LogP contribution in [0.3, 0.4) is 0 Å². The SMILES string of the molecule is C.CC(C(=O)O)c1ccc(C(O)CCCN2CCC(C(O)(c3ccccc3)c3ccccc3)CC2)cc1. The molecule has 0 aromatic heterocycles. The first kappa shape index (κ1) is 28.6. The van der Waals surface area contributed by atoms with Gasteiger partial charge in [-0.3, -0.25) is 4.79 Å². The Kier molecular flexibility index (Phi) is 10.0. The predicted molar refractivity (Wildman–Crippen MR) is 148 cm³/mol. The molecule has 2 atom stereocenters. The maximum atomic E-state index is 12.0. The van der Waals surface area contributed by atoms with Crippen molar-refractivity contribution in [1.29, 1.82) is 0 Å². The Morgan fingerprint density at radius 1 is 0.892 bits per heavy atom. The smallest absolute Gasteiger partial charge is 0.310 e. The molecule has 4 rings (SSSR count). The number of carbonyl (C=O) groups is 1. The summed E-state index contributed by atoms with van der Waals surface area (Å²) < 4.78 is 0. The fraction of sp³-hybridized carbons (Fsp3) is 0.406. The number of rotatable bonds is 10. The minimum absolute atomic E-state index is 0. The average molecular weight is 504 g/mol. The maximum absolute atomic E-state index is 12.0. The number of carboxylic acids is 1. The van der Waals surface area contributed by atoms with Gasteiger partial charge in [0.05, 0.1) is 12.0 Å². The van der Waals surface area contributed by atoms with E-state index in [1.807, 2.05) is 72.8 Å². The quantitative estimate of drug-likeness (QED) is 0.317. The molecule has 37 heavy (non-hydrogen) atoms. The van der Waals surface area contributed by atoms with E-state index in [1.165, 1.54) is 0 Å². The van der Waals surface area contributed by atoms with Crippen LogP contribution in [0.5, 0.6) is 0 Å². The van der Waals surface area contributed by atoms with Gasteiger partial charge in [-0.15, -0.1) is 0 Å². The topological polar surface area (TPSA) is 81.0 Å². The molecule has 0 bridgehead atoms. The van der Waals surface area contributed by atoms with Gasteiger partial charge in [0.1, 0.15) is 5.60 Å². The van der Waals surface area contributed by atoms with Gasteiger partial charge in [0.15, 0.2) is 0 Å². The van der Waals surface area contributed by atoms with Gasteiger partial charge in [0.2, 0.25) is 0 Å². The van der Waals surface area contributed by atoms with E-state index < -0.39 is 23.6 Å². The fourth-order valence-corrected chi connectivity index (χ4v) is 5.42. The highest BCUT2D eigenvalue weighted by Gasteiger charge is 2.41. The number of aliphatic hydroxyl groups excluding tert-OH is 1. The summed E-state index contributed by atoms with van der Waals surface area (Å²) in [5.41, 5.74) is 2.45. The lowest BCUT2D eigenvalue weighted by Crippen LogP contribution is -2.44. The molecule has 0 radical (unpaired) electrons.